The summed E-state index contributed by atoms with van der Waals surface area (Å²) in [6.07, 6.45) is 8.46. The normalized spacial score (nSPS) is 17.7. The molecule has 2 aliphatic rings. The number of carbonyl (C=O) groups is 2. The lowest BCUT2D eigenvalue weighted by Crippen LogP contribution is -2.44. The highest BCUT2D eigenvalue weighted by atomic mass is 35.5. The molecule has 2 aliphatic heterocycles. The molecule has 0 bridgehead atoms. The van der Waals surface area contributed by atoms with Crippen LogP contribution in [-0.4, -0.2) is 90.7 Å². The molecule has 7 nitrogen and oxygen atoms in total. The van der Waals surface area contributed by atoms with Gasteiger partial charge in [-0.15, -0.1) is 24.8 Å². The molecule has 180 valence electrons. The number of hydrogen-bond donors (Lipinski definition) is 0. The Morgan fingerprint density at radius 3 is 2.09 bits per heavy atom. The molecule has 1 aromatic rings. The molecule has 1 aromatic carbocycles. The third-order valence-corrected chi connectivity index (χ3v) is 5.89. The number of hydrogen-bond acceptors (Lipinski definition) is 5. The Morgan fingerprint density at radius 2 is 1.44 bits per heavy atom. The van der Waals surface area contributed by atoms with Crippen molar-refractivity contribution in [2.45, 2.75) is 38.5 Å². The van der Waals surface area contributed by atoms with E-state index >= 15 is 0 Å². The lowest BCUT2D eigenvalue weighted by Gasteiger charge is -2.32. The van der Waals surface area contributed by atoms with Gasteiger partial charge in [0.25, 0.3) is 5.91 Å². The Labute approximate surface area is 204 Å². The van der Waals surface area contributed by atoms with Gasteiger partial charge in [-0.3, -0.25) is 9.69 Å². The van der Waals surface area contributed by atoms with Gasteiger partial charge in [0.05, 0.1) is 6.21 Å². The average molecular weight is 486 g/mol. The fourth-order valence-corrected chi connectivity index (χ4v) is 3.90. The molecule has 3 amide bonds. The third kappa shape index (κ3) is 9.06. The number of imide groups is 1. The van der Waals surface area contributed by atoms with E-state index in [9.17, 15) is 9.59 Å². The minimum absolute atomic E-state index is 0. The lowest BCUT2D eigenvalue weighted by atomic mass is 10.1. The molecule has 9 heteroatoms. The van der Waals surface area contributed by atoms with Crippen molar-refractivity contribution < 1.29 is 9.59 Å². The highest BCUT2D eigenvalue weighted by molar-refractivity contribution is 6.02. The standard InChI is InChI=1S/C23H35N5O2.2ClH/c1-25-15-17-26(18-16-25)13-9-4-2-3-5-10-14-27-22(29)20-28(23(27)30)24-19-21-11-7-6-8-12-21;;/h6-8,11-12,19H,2-5,9-10,13-18,20H2,1H3;2*1H. The van der Waals surface area contributed by atoms with Crippen LogP contribution in [0.1, 0.15) is 44.1 Å². The SMILES string of the molecule is CN1CCN(CCCCCCCCN2C(=O)CN(N=Cc3ccccc3)C2=O)CC1.Cl.Cl. The number of halogens is 2. The van der Waals surface area contributed by atoms with Crippen molar-refractivity contribution in [1.82, 2.24) is 19.7 Å². The van der Waals surface area contributed by atoms with E-state index in [1.807, 2.05) is 30.3 Å². The highest BCUT2D eigenvalue weighted by Gasteiger charge is 2.35. The van der Waals surface area contributed by atoms with Gasteiger partial charge in [0.2, 0.25) is 0 Å². The van der Waals surface area contributed by atoms with Crippen molar-refractivity contribution in [1.29, 1.82) is 0 Å². The first-order chi connectivity index (χ1) is 14.6. The van der Waals surface area contributed by atoms with E-state index in [0.717, 1.165) is 24.8 Å². The Morgan fingerprint density at radius 1 is 0.844 bits per heavy atom. The number of rotatable bonds is 11. The monoisotopic (exact) mass is 485 g/mol. The molecule has 0 unspecified atom stereocenters. The Bertz CT molecular complexity index is 712. The van der Waals surface area contributed by atoms with Crippen molar-refractivity contribution in [3.05, 3.63) is 35.9 Å². The van der Waals surface area contributed by atoms with Gasteiger partial charge in [0, 0.05) is 32.7 Å². The van der Waals surface area contributed by atoms with Gasteiger partial charge >= 0.3 is 6.03 Å². The van der Waals surface area contributed by atoms with Gasteiger partial charge in [-0.05, 0) is 32.0 Å². The maximum absolute atomic E-state index is 12.4. The number of benzene rings is 1. The highest BCUT2D eigenvalue weighted by Crippen LogP contribution is 2.14. The molecule has 0 atom stereocenters. The van der Waals surface area contributed by atoms with Crippen LogP contribution in [0.15, 0.2) is 35.4 Å². The largest absolute Gasteiger partial charge is 0.347 e. The van der Waals surface area contributed by atoms with Crippen molar-refractivity contribution in [2.24, 2.45) is 5.10 Å². The van der Waals surface area contributed by atoms with Crippen LogP contribution in [0, 0.1) is 0 Å². The van der Waals surface area contributed by atoms with Crippen molar-refractivity contribution in [3.8, 4) is 0 Å². The Balaban J connectivity index is 0.00000256. The summed E-state index contributed by atoms with van der Waals surface area (Å²) in [5, 5.41) is 5.44. The van der Waals surface area contributed by atoms with E-state index in [1.165, 1.54) is 61.9 Å². The van der Waals surface area contributed by atoms with E-state index in [4.69, 9.17) is 0 Å². The summed E-state index contributed by atoms with van der Waals surface area (Å²) in [7, 11) is 2.19. The molecule has 32 heavy (non-hydrogen) atoms. The maximum atomic E-state index is 12.4. The first-order valence-electron chi connectivity index (χ1n) is 11.3. The van der Waals surface area contributed by atoms with Crippen LogP contribution in [0.25, 0.3) is 0 Å². The summed E-state index contributed by atoms with van der Waals surface area (Å²) in [4.78, 5) is 30.9. The van der Waals surface area contributed by atoms with E-state index in [-0.39, 0.29) is 43.3 Å². The van der Waals surface area contributed by atoms with E-state index < -0.39 is 0 Å². The number of hydrazone groups is 1. The van der Waals surface area contributed by atoms with Gasteiger partial charge in [0.15, 0.2) is 0 Å². The summed E-state index contributed by atoms with van der Waals surface area (Å²) >= 11 is 0. The second-order valence-electron chi connectivity index (χ2n) is 8.31. The molecule has 0 spiro atoms. The maximum Gasteiger partial charge on any atom is 0.347 e. The van der Waals surface area contributed by atoms with E-state index in [0.29, 0.717) is 6.54 Å². The zero-order valence-corrected chi connectivity index (χ0v) is 20.7. The molecular formula is C23H37Cl2N5O2. The van der Waals surface area contributed by atoms with Gasteiger partial charge in [0.1, 0.15) is 6.54 Å². The predicted molar refractivity (Wildman–Crippen MR) is 134 cm³/mol. The number of nitrogens with zero attached hydrogens (tertiary/aromatic N) is 5. The first kappa shape index (κ1) is 28.4. The fraction of sp³-hybridized carbons (Fsp3) is 0.609. The zero-order chi connectivity index (χ0) is 21.2. The van der Waals surface area contributed by atoms with Crippen LogP contribution >= 0.6 is 24.8 Å². The molecule has 2 heterocycles. The number of carbonyl (C=O) groups excluding carboxylic acids is 2. The number of amides is 3. The minimum atomic E-state index is -0.306. The summed E-state index contributed by atoms with van der Waals surface area (Å²) < 4.78 is 0. The van der Waals surface area contributed by atoms with Crippen molar-refractivity contribution in [3.63, 3.8) is 0 Å². The summed E-state index contributed by atoms with van der Waals surface area (Å²) in [5.41, 5.74) is 0.906. The molecule has 0 aliphatic carbocycles. The second kappa shape index (κ2) is 15.2. The van der Waals surface area contributed by atoms with Gasteiger partial charge in [-0.25, -0.2) is 9.80 Å². The molecule has 0 aromatic heterocycles. The average Bonchev–Trinajstić information content (AvgIpc) is 3.03. The molecule has 0 N–H and O–H groups in total. The quantitative estimate of drug-likeness (QED) is 0.272. The van der Waals surface area contributed by atoms with Crippen LogP contribution in [0.2, 0.25) is 0 Å². The van der Waals surface area contributed by atoms with Crippen LogP contribution in [-0.2, 0) is 4.79 Å². The summed E-state index contributed by atoms with van der Waals surface area (Å²) in [6.45, 7) is 6.50. The smallest absolute Gasteiger partial charge is 0.304 e. The molecule has 2 fully saturated rings. The van der Waals surface area contributed by atoms with Crippen molar-refractivity contribution >= 4 is 43.0 Å². The van der Waals surface area contributed by atoms with E-state index in [2.05, 4.69) is 21.9 Å². The van der Waals surface area contributed by atoms with Gasteiger partial charge in [-0.1, -0.05) is 56.0 Å². The zero-order valence-electron chi connectivity index (χ0n) is 19.0. The van der Waals surface area contributed by atoms with Crippen LogP contribution in [0.5, 0.6) is 0 Å². The van der Waals surface area contributed by atoms with Crippen LogP contribution in [0.3, 0.4) is 0 Å². The molecular weight excluding hydrogens is 449 g/mol. The summed E-state index contributed by atoms with van der Waals surface area (Å²) in [6, 6.07) is 9.27. The number of piperazine rings is 1. The fourth-order valence-electron chi connectivity index (χ4n) is 3.90. The van der Waals surface area contributed by atoms with E-state index in [1.54, 1.807) is 6.21 Å². The Kier molecular flexibility index (Phi) is 13.5. The molecule has 0 saturated carbocycles. The molecule has 2 saturated heterocycles. The number of urea groups is 1. The molecule has 3 rings (SSSR count). The van der Waals surface area contributed by atoms with Gasteiger partial charge < -0.3 is 9.80 Å². The van der Waals surface area contributed by atoms with Crippen LogP contribution < -0.4 is 0 Å². The van der Waals surface area contributed by atoms with Gasteiger partial charge in [-0.2, -0.15) is 5.10 Å². The molecule has 0 radical (unpaired) electrons. The lowest BCUT2D eigenvalue weighted by molar-refractivity contribution is -0.125. The Hall–Kier alpha value is -1.67. The second-order valence-corrected chi connectivity index (χ2v) is 8.31. The first-order valence-corrected chi connectivity index (χ1v) is 11.3. The minimum Gasteiger partial charge on any atom is -0.304 e. The number of likely N-dealkylation sites (N-methyl/N-ethyl adjacent to an activating group) is 1. The van der Waals surface area contributed by atoms with Crippen molar-refractivity contribution in [2.75, 3.05) is 52.9 Å². The predicted octanol–water partition coefficient (Wildman–Crippen LogP) is 3.72. The summed E-state index contributed by atoms with van der Waals surface area (Å²) in [5.74, 6) is -0.155. The topological polar surface area (TPSA) is 59.5 Å². The third-order valence-electron chi connectivity index (χ3n) is 5.89. The van der Waals surface area contributed by atoms with Crippen LogP contribution in [0.4, 0.5) is 4.79 Å². The number of unbranched alkanes of at least 4 members (excludes halogenated alkanes) is 5.